The third-order valence-corrected chi connectivity index (χ3v) is 8.34. The Kier molecular flexibility index (Phi) is 12.5. The summed E-state index contributed by atoms with van der Waals surface area (Å²) in [4.78, 5) is 17.2. The molecule has 1 unspecified atom stereocenters. The minimum atomic E-state index is -3.74. The maximum atomic E-state index is 13.3. The predicted molar refractivity (Wildman–Crippen MR) is 163 cm³/mol. The average Bonchev–Trinajstić information content (AvgIpc) is 2.92. The standard InChI is InChI=1S/C31H37ClN2O6S/c1-4-38-31(35)14-13-26(22-41(36,37)30-12-7-6-11-29(30)32)34-27-17-23(3)18-28(20-27)39-16-15-24-9-8-10-25(19-24)21-33-40-5-2/h6-12,17-21,26,34H,4-5,13-16,22H2,1-3H3. The van der Waals surface area contributed by atoms with Crippen molar-refractivity contribution in [1.29, 1.82) is 0 Å². The van der Waals surface area contributed by atoms with Crippen LogP contribution < -0.4 is 10.1 Å². The minimum absolute atomic E-state index is 0.0612. The molecule has 0 saturated heterocycles. The van der Waals surface area contributed by atoms with Crippen molar-refractivity contribution in [3.05, 3.63) is 88.4 Å². The van der Waals surface area contributed by atoms with E-state index in [1.807, 2.05) is 56.3 Å². The van der Waals surface area contributed by atoms with Gasteiger partial charge in [0, 0.05) is 30.6 Å². The maximum Gasteiger partial charge on any atom is 0.305 e. The molecule has 0 radical (unpaired) electrons. The number of halogens is 1. The van der Waals surface area contributed by atoms with E-state index < -0.39 is 15.9 Å². The lowest BCUT2D eigenvalue weighted by molar-refractivity contribution is -0.143. The van der Waals surface area contributed by atoms with Gasteiger partial charge in [0.2, 0.25) is 0 Å². The van der Waals surface area contributed by atoms with Crippen LogP contribution in [0.4, 0.5) is 5.69 Å². The lowest BCUT2D eigenvalue weighted by atomic mass is 10.1. The van der Waals surface area contributed by atoms with E-state index in [-0.39, 0.29) is 41.1 Å². The number of rotatable bonds is 16. The Morgan fingerprint density at radius 3 is 2.61 bits per heavy atom. The summed E-state index contributed by atoms with van der Waals surface area (Å²) in [6.07, 6.45) is 2.70. The Hall–Kier alpha value is -3.56. The fraction of sp³-hybridized carbons (Fsp3) is 0.355. The Labute approximate surface area is 247 Å². The largest absolute Gasteiger partial charge is 0.493 e. The van der Waals surface area contributed by atoms with Gasteiger partial charge in [0.25, 0.3) is 0 Å². The number of anilines is 1. The average molecular weight is 601 g/mol. The molecule has 3 aromatic rings. The van der Waals surface area contributed by atoms with Crippen molar-refractivity contribution in [3.8, 4) is 5.75 Å². The van der Waals surface area contributed by atoms with Gasteiger partial charge in [-0.05, 0) is 74.2 Å². The number of hydrogen-bond donors (Lipinski definition) is 1. The van der Waals surface area contributed by atoms with Gasteiger partial charge in [-0.15, -0.1) is 0 Å². The van der Waals surface area contributed by atoms with E-state index in [0.29, 0.717) is 31.1 Å². The molecular weight excluding hydrogens is 564 g/mol. The smallest absolute Gasteiger partial charge is 0.305 e. The number of oxime groups is 1. The molecule has 0 aliphatic heterocycles. The van der Waals surface area contributed by atoms with Crippen LogP contribution in [0.3, 0.4) is 0 Å². The molecular formula is C31H37ClN2O6S. The van der Waals surface area contributed by atoms with Crippen molar-refractivity contribution in [2.24, 2.45) is 5.16 Å². The van der Waals surface area contributed by atoms with Gasteiger partial charge in [-0.25, -0.2) is 8.42 Å². The van der Waals surface area contributed by atoms with Crippen LogP contribution >= 0.6 is 11.6 Å². The Balaban J connectivity index is 1.71. The highest BCUT2D eigenvalue weighted by Gasteiger charge is 2.24. The summed E-state index contributed by atoms with van der Waals surface area (Å²) in [5, 5.41) is 7.38. The molecule has 3 rings (SSSR count). The molecule has 0 aliphatic carbocycles. The van der Waals surface area contributed by atoms with Crippen LogP contribution in [-0.4, -0.2) is 52.2 Å². The summed E-state index contributed by atoms with van der Waals surface area (Å²) in [6.45, 7) is 6.77. The number of benzene rings is 3. The SMILES string of the molecule is CCON=Cc1cccc(CCOc2cc(C)cc(NC(CCC(=O)OCC)CS(=O)(=O)c3ccccc3Cl)c2)c1. The highest BCUT2D eigenvalue weighted by Crippen LogP contribution is 2.26. The van der Waals surface area contributed by atoms with Crippen LogP contribution in [0.2, 0.25) is 5.02 Å². The van der Waals surface area contributed by atoms with Crippen molar-refractivity contribution in [3.63, 3.8) is 0 Å². The summed E-state index contributed by atoms with van der Waals surface area (Å²) >= 11 is 6.19. The van der Waals surface area contributed by atoms with Gasteiger partial charge < -0.3 is 19.6 Å². The van der Waals surface area contributed by atoms with E-state index in [9.17, 15) is 13.2 Å². The molecule has 0 bridgehead atoms. The third-order valence-electron chi connectivity index (χ3n) is 6.03. The fourth-order valence-electron chi connectivity index (χ4n) is 4.21. The first-order chi connectivity index (χ1) is 19.7. The number of aryl methyl sites for hydroxylation is 1. The summed E-state index contributed by atoms with van der Waals surface area (Å²) in [6, 6.07) is 19.4. The van der Waals surface area contributed by atoms with Crippen LogP contribution in [0.15, 0.2) is 76.8 Å². The van der Waals surface area contributed by atoms with Gasteiger partial charge in [0.15, 0.2) is 9.84 Å². The summed E-state index contributed by atoms with van der Waals surface area (Å²) < 4.78 is 37.6. The van der Waals surface area contributed by atoms with Gasteiger partial charge in [-0.1, -0.05) is 47.1 Å². The summed E-state index contributed by atoms with van der Waals surface area (Å²) in [5.41, 5.74) is 3.67. The highest BCUT2D eigenvalue weighted by atomic mass is 35.5. The zero-order chi connectivity index (χ0) is 29.7. The molecule has 0 heterocycles. The van der Waals surface area contributed by atoms with Crippen LogP contribution in [0.25, 0.3) is 0 Å². The van der Waals surface area contributed by atoms with Gasteiger partial charge >= 0.3 is 5.97 Å². The van der Waals surface area contributed by atoms with Crippen LogP contribution in [0.5, 0.6) is 5.75 Å². The van der Waals surface area contributed by atoms with E-state index in [0.717, 1.165) is 16.7 Å². The van der Waals surface area contributed by atoms with E-state index in [1.165, 1.54) is 6.07 Å². The number of nitrogens with zero attached hydrogens (tertiary/aromatic N) is 1. The first-order valence-corrected chi connectivity index (χ1v) is 15.6. The van der Waals surface area contributed by atoms with E-state index in [4.69, 9.17) is 25.9 Å². The highest BCUT2D eigenvalue weighted by molar-refractivity contribution is 7.91. The number of hydrogen-bond acceptors (Lipinski definition) is 8. The van der Waals surface area contributed by atoms with Crippen molar-refractivity contribution < 1.29 is 27.5 Å². The molecule has 8 nitrogen and oxygen atoms in total. The minimum Gasteiger partial charge on any atom is -0.493 e. The quantitative estimate of drug-likeness (QED) is 0.118. The fourth-order valence-corrected chi connectivity index (χ4v) is 6.31. The second kappa shape index (κ2) is 16.0. The monoisotopic (exact) mass is 600 g/mol. The van der Waals surface area contributed by atoms with Crippen molar-refractivity contribution in [2.45, 2.75) is 51.0 Å². The normalized spacial score (nSPS) is 12.2. The molecule has 1 atom stereocenters. The van der Waals surface area contributed by atoms with Gasteiger partial charge in [0.1, 0.15) is 12.4 Å². The maximum absolute atomic E-state index is 13.3. The number of esters is 1. The Bertz CT molecular complexity index is 1430. The Morgan fingerprint density at radius 1 is 1.05 bits per heavy atom. The number of ether oxygens (including phenoxy) is 2. The van der Waals surface area contributed by atoms with Gasteiger partial charge in [-0.2, -0.15) is 0 Å². The second-order valence-electron chi connectivity index (χ2n) is 9.43. The van der Waals surface area contributed by atoms with Gasteiger partial charge in [-0.3, -0.25) is 4.79 Å². The number of nitrogens with one attached hydrogen (secondary N) is 1. The van der Waals surface area contributed by atoms with Crippen LogP contribution in [-0.2, 0) is 30.6 Å². The first-order valence-electron chi connectivity index (χ1n) is 13.6. The topological polar surface area (TPSA) is 103 Å². The Morgan fingerprint density at radius 2 is 1.85 bits per heavy atom. The molecule has 0 saturated carbocycles. The molecule has 220 valence electrons. The molecule has 0 amide bonds. The van der Waals surface area contributed by atoms with Crippen molar-refractivity contribution in [1.82, 2.24) is 0 Å². The van der Waals surface area contributed by atoms with Crippen LogP contribution in [0, 0.1) is 6.92 Å². The second-order valence-corrected chi connectivity index (χ2v) is 11.8. The number of carbonyl (C=O) groups is 1. The number of sulfone groups is 1. The summed E-state index contributed by atoms with van der Waals surface area (Å²) in [7, 11) is -3.74. The molecule has 0 spiro atoms. The lowest BCUT2D eigenvalue weighted by Gasteiger charge is -2.21. The molecule has 10 heteroatoms. The lowest BCUT2D eigenvalue weighted by Crippen LogP contribution is -2.30. The predicted octanol–water partition coefficient (Wildman–Crippen LogP) is 6.24. The van der Waals surface area contributed by atoms with E-state index in [1.54, 1.807) is 31.3 Å². The number of carbonyl (C=O) groups excluding carboxylic acids is 1. The molecule has 3 aromatic carbocycles. The third kappa shape index (κ3) is 10.7. The zero-order valence-corrected chi connectivity index (χ0v) is 25.2. The van der Waals surface area contributed by atoms with Crippen molar-refractivity contribution in [2.75, 3.05) is 30.9 Å². The molecule has 0 aromatic heterocycles. The first kappa shape index (κ1) is 32.0. The van der Waals surface area contributed by atoms with E-state index >= 15 is 0 Å². The van der Waals surface area contributed by atoms with Crippen LogP contribution in [0.1, 0.15) is 43.4 Å². The van der Waals surface area contributed by atoms with Gasteiger partial charge in [0.05, 0.1) is 35.1 Å². The summed E-state index contributed by atoms with van der Waals surface area (Å²) in [5.74, 6) is 0.0269. The van der Waals surface area contributed by atoms with Crippen molar-refractivity contribution >= 4 is 39.3 Å². The van der Waals surface area contributed by atoms with E-state index in [2.05, 4.69) is 10.5 Å². The molecule has 41 heavy (non-hydrogen) atoms. The zero-order valence-electron chi connectivity index (χ0n) is 23.6. The molecule has 0 fully saturated rings. The molecule has 1 N–H and O–H groups in total. The molecule has 0 aliphatic rings.